The zero-order valence-electron chi connectivity index (χ0n) is 17.1. The van der Waals surface area contributed by atoms with Crippen molar-refractivity contribution in [3.05, 3.63) is 55.6 Å². The van der Waals surface area contributed by atoms with Gasteiger partial charge >= 0.3 is 5.69 Å². The average Bonchev–Trinajstić information content (AvgIpc) is 2.87. The molecule has 0 bridgehead atoms. The van der Waals surface area contributed by atoms with Gasteiger partial charge in [0.1, 0.15) is 5.75 Å². The Bertz CT molecular complexity index is 1120. The second-order valence-corrected chi connectivity index (χ2v) is 8.51. The van der Waals surface area contributed by atoms with E-state index in [1.165, 1.54) is 20.3 Å². The van der Waals surface area contributed by atoms with Crippen molar-refractivity contribution in [2.45, 2.75) is 25.0 Å². The van der Waals surface area contributed by atoms with E-state index in [0.29, 0.717) is 21.4 Å². The highest BCUT2D eigenvalue weighted by atomic mass is 35.5. The lowest BCUT2D eigenvalue weighted by Crippen LogP contribution is -2.58. The van der Waals surface area contributed by atoms with Crippen molar-refractivity contribution < 1.29 is 19.1 Å². The second kappa shape index (κ2) is 6.68. The van der Waals surface area contributed by atoms with Crippen LogP contribution in [0.15, 0.2) is 24.3 Å². The standard InChI is InChI=1S/C21H20Cl2N2O5/c1-20(2)16-12(22)6-7-13(23)17(16)24(3)21(20)9-8-11-14(30-21)10-15(28-4)18(25(26)27)19(11)29-5/h6-10H,1-5H3. The minimum absolute atomic E-state index is 0.0492. The van der Waals surface area contributed by atoms with Crippen LogP contribution in [0, 0.1) is 10.1 Å². The largest absolute Gasteiger partial charge is 0.490 e. The predicted molar refractivity (Wildman–Crippen MR) is 116 cm³/mol. The van der Waals surface area contributed by atoms with Crippen LogP contribution in [0.4, 0.5) is 11.4 Å². The molecule has 1 atom stereocenters. The molecule has 2 aliphatic heterocycles. The lowest BCUT2D eigenvalue weighted by atomic mass is 9.76. The van der Waals surface area contributed by atoms with Gasteiger partial charge in [-0.05, 0) is 38.1 Å². The molecule has 2 aliphatic rings. The Balaban J connectivity index is 1.96. The molecule has 0 radical (unpaired) electrons. The fourth-order valence-electron chi connectivity index (χ4n) is 4.54. The summed E-state index contributed by atoms with van der Waals surface area (Å²) in [4.78, 5) is 13.0. The molecule has 0 amide bonds. The quantitative estimate of drug-likeness (QED) is 0.457. The second-order valence-electron chi connectivity index (χ2n) is 7.70. The van der Waals surface area contributed by atoms with Gasteiger partial charge in [-0.2, -0.15) is 0 Å². The molecule has 9 heteroatoms. The van der Waals surface area contributed by atoms with Gasteiger partial charge in [-0.15, -0.1) is 0 Å². The Morgan fingerprint density at radius 2 is 1.83 bits per heavy atom. The molecule has 0 N–H and O–H groups in total. The Morgan fingerprint density at radius 1 is 1.17 bits per heavy atom. The summed E-state index contributed by atoms with van der Waals surface area (Å²) in [6.45, 7) is 4.04. The number of rotatable bonds is 3. The van der Waals surface area contributed by atoms with E-state index >= 15 is 0 Å². The van der Waals surface area contributed by atoms with Crippen LogP contribution in [0.1, 0.15) is 25.0 Å². The van der Waals surface area contributed by atoms with Crippen LogP contribution in [0.25, 0.3) is 6.08 Å². The lowest BCUT2D eigenvalue weighted by Gasteiger charge is -2.46. The third kappa shape index (κ3) is 2.45. The smallest absolute Gasteiger partial charge is 0.353 e. The van der Waals surface area contributed by atoms with Gasteiger partial charge in [-0.25, -0.2) is 0 Å². The van der Waals surface area contributed by atoms with Crippen LogP contribution >= 0.6 is 23.2 Å². The SMILES string of the molecule is COc1cc2c(c(OC)c1[N+](=O)[O-])C=CC1(O2)N(C)c2c(Cl)ccc(Cl)c2C1(C)C. The number of methoxy groups -OCH3 is 2. The molecule has 30 heavy (non-hydrogen) atoms. The van der Waals surface area contributed by atoms with Gasteiger partial charge in [0.2, 0.25) is 17.2 Å². The summed E-state index contributed by atoms with van der Waals surface area (Å²) in [5.74, 6) is 0.525. The molecular formula is C21H20Cl2N2O5. The van der Waals surface area contributed by atoms with Crippen LogP contribution < -0.4 is 19.1 Å². The molecule has 0 saturated heterocycles. The maximum Gasteiger partial charge on any atom is 0.353 e. The van der Waals surface area contributed by atoms with Crippen molar-refractivity contribution in [1.82, 2.24) is 0 Å². The van der Waals surface area contributed by atoms with Crippen LogP contribution in [-0.2, 0) is 5.41 Å². The van der Waals surface area contributed by atoms with Crippen LogP contribution in [0.5, 0.6) is 17.2 Å². The molecule has 158 valence electrons. The van der Waals surface area contributed by atoms with E-state index < -0.39 is 16.1 Å². The number of anilines is 1. The van der Waals surface area contributed by atoms with Gasteiger partial charge in [0.25, 0.3) is 0 Å². The number of likely N-dealkylation sites (N-methyl/N-ethyl adjacent to an activating group) is 1. The van der Waals surface area contributed by atoms with Crippen molar-refractivity contribution >= 4 is 40.7 Å². The van der Waals surface area contributed by atoms with E-state index in [2.05, 4.69) is 0 Å². The molecule has 4 rings (SSSR count). The molecule has 0 fully saturated rings. The monoisotopic (exact) mass is 450 g/mol. The third-order valence-electron chi connectivity index (χ3n) is 6.00. The van der Waals surface area contributed by atoms with Crippen molar-refractivity contribution in [3.8, 4) is 17.2 Å². The maximum absolute atomic E-state index is 11.6. The minimum Gasteiger partial charge on any atom is -0.490 e. The number of ether oxygens (including phenoxy) is 3. The van der Waals surface area contributed by atoms with E-state index in [-0.39, 0.29) is 17.2 Å². The molecule has 7 nitrogen and oxygen atoms in total. The predicted octanol–water partition coefficient (Wildman–Crippen LogP) is 5.45. The average molecular weight is 451 g/mol. The number of halogens is 2. The lowest BCUT2D eigenvalue weighted by molar-refractivity contribution is -0.386. The first-order chi connectivity index (χ1) is 14.1. The first kappa shape index (κ1) is 20.6. The molecule has 0 saturated carbocycles. The van der Waals surface area contributed by atoms with Gasteiger partial charge in [0, 0.05) is 23.7 Å². The first-order valence-corrected chi connectivity index (χ1v) is 9.90. The summed E-state index contributed by atoms with van der Waals surface area (Å²) in [5.41, 5.74) is 0.291. The maximum atomic E-state index is 11.6. The summed E-state index contributed by atoms with van der Waals surface area (Å²) in [6, 6.07) is 5.04. The van der Waals surface area contributed by atoms with E-state index in [1.807, 2.05) is 31.9 Å². The topological polar surface area (TPSA) is 74.1 Å². The van der Waals surface area contributed by atoms with Crippen LogP contribution in [0.2, 0.25) is 10.0 Å². The summed E-state index contributed by atoms with van der Waals surface area (Å²) in [7, 11) is 4.62. The molecule has 1 unspecified atom stereocenters. The number of benzene rings is 2. The molecule has 1 spiro atoms. The van der Waals surface area contributed by atoms with Crippen LogP contribution in [0.3, 0.4) is 0 Å². The Labute approximate surface area is 183 Å². The van der Waals surface area contributed by atoms with Gasteiger partial charge in [0.05, 0.1) is 40.8 Å². The first-order valence-electron chi connectivity index (χ1n) is 9.14. The summed E-state index contributed by atoms with van der Waals surface area (Å²) in [5, 5.41) is 12.8. The van der Waals surface area contributed by atoms with Crippen molar-refractivity contribution in [1.29, 1.82) is 0 Å². The summed E-state index contributed by atoms with van der Waals surface area (Å²) < 4.78 is 17.2. The number of hydrogen-bond donors (Lipinski definition) is 0. The van der Waals surface area contributed by atoms with Gasteiger partial charge < -0.3 is 19.1 Å². The molecule has 2 aromatic rings. The normalized spacial score (nSPS) is 20.6. The number of hydrogen-bond acceptors (Lipinski definition) is 6. The fourth-order valence-corrected chi connectivity index (χ4v) is 5.21. The van der Waals surface area contributed by atoms with Crippen molar-refractivity contribution in [3.63, 3.8) is 0 Å². The van der Waals surface area contributed by atoms with Gasteiger partial charge in [-0.3, -0.25) is 10.1 Å². The molecular weight excluding hydrogens is 431 g/mol. The third-order valence-corrected chi connectivity index (χ3v) is 6.62. The Morgan fingerprint density at radius 3 is 2.40 bits per heavy atom. The molecule has 2 aromatic carbocycles. The van der Waals surface area contributed by atoms with E-state index in [0.717, 1.165) is 11.3 Å². The zero-order valence-corrected chi connectivity index (χ0v) is 18.6. The summed E-state index contributed by atoms with van der Waals surface area (Å²) in [6.07, 6.45) is 3.64. The highest BCUT2D eigenvalue weighted by molar-refractivity contribution is 6.36. The fraction of sp³-hybridized carbons (Fsp3) is 0.333. The number of nitro benzene ring substituents is 1. The molecule has 2 heterocycles. The molecule has 0 aromatic heterocycles. The van der Waals surface area contributed by atoms with Crippen molar-refractivity contribution in [2.24, 2.45) is 0 Å². The van der Waals surface area contributed by atoms with E-state index in [1.54, 1.807) is 18.2 Å². The summed E-state index contributed by atoms with van der Waals surface area (Å²) >= 11 is 13.1. The van der Waals surface area contributed by atoms with Gasteiger partial charge in [0.15, 0.2) is 0 Å². The highest BCUT2D eigenvalue weighted by Gasteiger charge is 2.59. The van der Waals surface area contributed by atoms with E-state index in [9.17, 15) is 10.1 Å². The van der Waals surface area contributed by atoms with E-state index in [4.69, 9.17) is 37.4 Å². The number of nitrogens with zero attached hydrogens (tertiary/aromatic N) is 2. The Hall–Kier alpha value is -2.64. The van der Waals surface area contributed by atoms with Crippen LogP contribution in [-0.4, -0.2) is 31.9 Å². The number of fused-ring (bicyclic) bond motifs is 2. The zero-order chi connectivity index (χ0) is 22.0. The Kier molecular flexibility index (Phi) is 4.60. The van der Waals surface area contributed by atoms with Crippen molar-refractivity contribution in [2.75, 3.05) is 26.2 Å². The van der Waals surface area contributed by atoms with Gasteiger partial charge in [-0.1, -0.05) is 23.2 Å². The highest BCUT2D eigenvalue weighted by Crippen LogP contribution is 2.59. The number of nitro groups is 1. The minimum atomic E-state index is -0.969. The molecule has 0 aliphatic carbocycles.